The summed E-state index contributed by atoms with van der Waals surface area (Å²) in [7, 11) is 0. The standard InChI is InChI=1S/C23H33N3O4/c1-18(19-8-7-11-21(16-19)30-20-9-3-4-10-20)24-13-5-2-6-15-29-17-26-14-12-22(27)25-23(26)28/h7-8,11-12,14,16,18,20,24H,2-6,9-10,13,15,17H2,1H3,(H,25,27,28)/t18-/m1/s1. The molecule has 0 amide bonds. The number of aromatic amines is 1. The molecule has 2 aromatic rings. The van der Waals surface area contributed by atoms with Gasteiger partial charge in [0.25, 0.3) is 5.56 Å². The van der Waals surface area contributed by atoms with Gasteiger partial charge in [0.15, 0.2) is 0 Å². The number of unbranched alkanes of at least 4 members (excludes halogenated alkanes) is 2. The summed E-state index contributed by atoms with van der Waals surface area (Å²) in [5.74, 6) is 0.979. The summed E-state index contributed by atoms with van der Waals surface area (Å²) in [6.45, 7) is 3.86. The predicted octanol–water partition coefficient (Wildman–Crippen LogP) is 3.35. The van der Waals surface area contributed by atoms with Crippen molar-refractivity contribution in [3.8, 4) is 5.75 Å². The number of hydrogen-bond donors (Lipinski definition) is 2. The first-order valence-corrected chi connectivity index (χ1v) is 11.0. The molecule has 0 unspecified atom stereocenters. The van der Waals surface area contributed by atoms with Crippen LogP contribution in [-0.4, -0.2) is 28.8 Å². The van der Waals surface area contributed by atoms with Crippen LogP contribution in [0.25, 0.3) is 0 Å². The molecule has 2 N–H and O–H groups in total. The molecule has 0 saturated heterocycles. The van der Waals surface area contributed by atoms with Crippen LogP contribution in [0.2, 0.25) is 0 Å². The number of aromatic nitrogens is 2. The maximum atomic E-state index is 11.5. The van der Waals surface area contributed by atoms with Crippen LogP contribution in [0, 0.1) is 0 Å². The second-order valence-corrected chi connectivity index (χ2v) is 7.95. The molecule has 1 aromatic heterocycles. The average Bonchev–Trinajstić information content (AvgIpc) is 3.24. The van der Waals surface area contributed by atoms with Crippen LogP contribution in [0.1, 0.15) is 63.5 Å². The molecule has 0 spiro atoms. The Labute approximate surface area is 177 Å². The summed E-state index contributed by atoms with van der Waals surface area (Å²) in [5, 5.41) is 3.57. The van der Waals surface area contributed by atoms with Crippen LogP contribution in [0.3, 0.4) is 0 Å². The van der Waals surface area contributed by atoms with E-state index in [2.05, 4.69) is 41.5 Å². The normalized spacial score (nSPS) is 15.4. The first-order chi connectivity index (χ1) is 14.6. The van der Waals surface area contributed by atoms with Gasteiger partial charge in [0.2, 0.25) is 0 Å². The van der Waals surface area contributed by atoms with Crippen molar-refractivity contribution in [1.82, 2.24) is 14.9 Å². The van der Waals surface area contributed by atoms with E-state index in [1.807, 2.05) is 0 Å². The molecule has 30 heavy (non-hydrogen) atoms. The fourth-order valence-corrected chi connectivity index (χ4v) is 3.71. The van der Waals surface area contributed by atoms with Crippen LogP contribution in [0.4, 0.5) is 0 Å². The predicted molar refractivity (Wildman–Crippen MR) is 117 cm³/mol. The van der Waals surface area contributed by atoms with E-state index in [-0.39, 0.29) is 12.8 Å². The van der Waals surface area contributed by atoms with Gasteiger partial charge in [-0.3, -0.25) is 14.3 Å². The minimum absolute atomic E-state index is 0.157. The molecule has 0 radical (unpaired) electrons. The second-order valence-electron chi connectivity index (χ2n) is 7.95. The molecule has 164 valence electrons. The summed E-state index contributed by atoms with van der Waals surface area (Å²) in [6, 6.07) is 10.0. The molecule has 1 aliphatic rings. The SMILES string of the molecule is C[C@@H](NCCCCCOCn1ccc(=O)[nH]c1=O)c1cccc(OC2CCCC2)c1. The van der Waals surface area contributed by atoms with E-state index in [0.29, 0.717) is 12.7 Å². The van der Waals surface area contributed by atoms with Gasteiger partial charge in [-0.1, -0.05) is 12.1 Å². The van der Waals surface area contributed by atoms with Crippen molar-refractivity contribution < 1.29 is 9.47 Å². The summed E-state index contributed by atoms with van der Waals surface area (Å²) in [6.07, 6.45) is 9.76. The largest absolute Gasteiger partial charge is 0.490 e. The Kier molecular flexibility index (Phi) is 8.71. The summed E-state index contributed by atoms with van der Waals surface area (Å²) in [5.41, 5.74) is 0.407. The van der Waals surface area contributed by atoms with Gasteiger partial charge in [-0.2, -0.15) is 0 Å². The zero-order valence-corrected chi connectivity index (χ0v) is 17.8. The van der Waals surface area contributed by atoms with E-state index in [4.69, 9.17) is 9.47 Å². The highest BCUT2D eigenvalue weighted by atomic mass is 16.5. The number of benzene rings is 1. The molecule has 1 saturated carbocycles. The van der Waals surface area contributed by atoms with E-state index >= 15 is 0 Å². The summed E-state index contributed by atoms with van der Waals surface area (Å²) >= 11 is 0. The lowest BCUT2D eigenvalue weighted by Crippen LogP contribution is -2.29. The fraction of sp³-hybridized carbons (Fsp3) is 0.565. The van der Waals surface area contributed by atoms with Gasteiger partial charge >= 0.3 is 5.69 Å². The third-order valence-corrected chi connectivity index (χ3v) is 5.51. The Morgan fingerprint density at radius 1 is 1.17 bits per heavy atom. The van der Waals surface area contributed by atoms with E-state index in [1.54, 1.807) is 0 Å². The van der Waals surface area contributed by atoms with Crippen molar-refractivity contribution in [2.45, 2.75) is 70.7 Å². The number of H-pyrrole nitrogens is 1. The molecular weight excluding hydrogens is 382 g/mol. The Bertz CT molecular complexity index is 886. The minimum atomic E-state index is -0.446. The fourth-order valence-electron chi connectivity index (χ4n) is 3.71. The number of hydrogen-bond acceptors (Lipinski definition) is 5. The quantitative estimate of drug-likeness (QED) is 0.519. The third kappa shape index (κ3) is 7.15. The molecule has 1 atom stereocenters. The topological polar surface area (TPSA) is 85.4 Å². The second kappa shape index (κ2) is 11.7. The van der Waals surface area contributed by atoms with Crippen molar-refractivity contribution in [2.75, 3.05) is 13.2 Å². The lowest BCUT2D eigenvalue weighted by molar-refractivity contribution is 0.0707. The highest BCUT2D eigenvalue weighted by molar-refractivity contribution is 5.30. The van der Waals surface area contributed by atoms with Crippen LogP contribution in [0.15, 0.2) is 46.1 Å². The van der Waals surface area contributed by atoms with E-state index in [0.717, 1.165) is 31.6 Å². The Balaban J connectivity index is 1.28. The van der Waals surface area contributed by atoms with Crippen molar-refractivity contribution in [3.05, 3.63) is 62.9 Å². The zero-order valence-electron chi connectivity index (χ0n) is 17.8. The van der Waals surface area contributed by atoms with Gasteiger partial charge in [0, 0.05) is 24.9 Å². The van der Waals surface area contributed by atoms with Crippen LogP contribution >= 0.6 is 0 Å². The summed E-state index contributed by atoms with van der Waals surface area (Å²) < 4.78 is 13.0. The maximum Gasteiger partial charge on any atom is 0.330 e. The monoisotopic (exact) mass is 415 g/mol. The number of rotatable bonds is 12. The summed E-state index contributed by atoms with van der Waals surface area (Å²) in [4.78, 5) is 24.8. The van der Waals surface area contributed by atoms with Gasteiger partial charge < -0.3 is 14.8 Å². The molecule has 1 aromatic carbocycles. The third-order valence-electron chi connectivity index (χ3n) is 5.51. The van der Waals surface area contributed by atoms with Gasteiger partial charge in [0.1, 0.15) is 12.5 Å². The molecule has 7 nitrogen and oxygen atoms in total. The lowest BCUT2D eigenvalue weighted by Gasteiger charge is -2.17. The van der Waals surface area contributed by atoms with Gasteiger partial charge in [0.05, 0.1) is 6.10 Å². The van der Waals surface area contributed by atoms with E-state index in [1.165, 1.54) is 48.1 Å². The molecule has 7 heteroatoms. The number of ether oxygens (including phenoxy) is 2. The zero-order chi connectivity index (χ0) is 21.2. The Morgan fingerprint density at radius 2 is 2.00 bits per heavy atom. The highest BCUT2D eigenvalue weighted by Gasteiger charge is 2.16. The number of nitrogens with zero attached hydrogens (tertiary/aromatic N) is 1. The van der Waals surface area contributed by atoms with E-state index in [9.17, 15) is 9.59 Å². The van der Waals surface area contributed by atoms with Gasteiger partial charge in [-0.25, -0.2) is 4.79 Å². The van der Waals surface area contributed by atoms with Crippen molar-refractivity contribution in [1.29, 1.82) is 0 Å². The van der Waals surface area contributed by atoms with Crippen LogP contribution < -0.4 is 21.3 Å². The average molecular weight is 416 g/mol. The molecule has 3 rings (SSSR count). The highest BCUT2D eigenvalue weighted by Crippen LogP contribution is 2.26. The van der Waals surface area contributed by atoms with Gasteiger partial charge in [-0.15, -0.1) is 0 Å². The Morgan fingerprint density at radius 3 is 2.80 bits per heavy atom. The van der Waals surface area contributed by atoms with E-state index < -0.39 is 11.2 Å². The van der Waals surface area contributed by atoms with Crippen molar-refractivity contribution >= 4 is 0 Å². The van der Waals surface area contributed by atoms with Crippen LogP contribution in [0.5, 0.6) is 5.75 Å². The number of nitrogens with one attached hydrogen (secondary N) is 2. The van der Waals surface area contributed by atoms with Gasteiger partial charge in [-0.05, 0) is 76.1 Å². The maximum absolute atomic E-state index is 11.5. The molecule has 1 aliphatic carbocycles. The molecule has 0 bridgehead atoms. The first-order valence-electron chi connectivity index (χ1n) is 11.0. The molecule has 1 heterocycles. The first kappa shape index (κ1) is 22.3. The molecule has 0 aliphatic heterocycles. The van der Waals surface area contributed by atoms with Crippen molar-refractivity contribution in [2.24, 2.45) is 0 Å². The minimum Gasteiger partial charge on any atom is -0.490 e. The molecule has 1 fully saturated rings. The molecular formula is C23H33N3O4. The lowest BCUT2D eigenvalue weighted by atomic mass is 10.1. The van der Waals surface area contributed by atoms with Crippen molar-refractivity contribution in [3.63, 3.8) is 0 Å². The smallest absolute Gasteiger partial charge is 0.330 e. The Hall–Kier alpha value is -2.38. The van der Waals surface area contributed by atoms with Crippen LogP contribution in [-0.2, 0) is 11.5 Å².